The monoisotopic (exact) mass is 1280 g/mol. The van der Waals surface area contributed by atoms with Crippen molar-refractivity contribution in [2.75, 3.05) is 60.1 Å². The number of aromatic nitrogens is 1. The molecule has 28 nitrogen and oxygen atoms in total. The Kier molecular flexibility index (Phi) is 22.2. The molecule has 4 fully saturated rings. The number of hydrogen-bond donors (Lipinski definition) is 5. The Morgan fingerprint density at radius 3 is 1.47 bits per heavy atom. The van der Waals surface area contributed by atoms with E-state index in [4.69, 9.17) is 24.6 Å². The second kappa shape index (κ2) is 28.8. The Morgan fingerprint density at radius 1 is 0.630 bits per heavy atom. The first-order valence-corrected chi connectivity index (χ1v) is 31.5. The van der Waals surface area contributed by atoms with Gasteiger partial charge in [0.2, 0.25) is 52.7 Å². The number of benzene rings is 2. The van der Waals surface area contributed by atoms with E-state index in [1.807, 2.05) is 27.7 Å². The van der Waals surface area contributed by atoms with E-state index in [9.17, 15) is 52.7 Å². The van der Waals surface area contributed by atoms with Crippen molar-refractivity contribution in [3.8, 4) is 11.5 Å². The summed E-state index contributed by atoms with van der Waals surface area (Å²) in [5.41, 5.74) is 3.62. The Balaban J connectivity index is 1.32. The SMILES string of the molecule is Cc1c2oc3c(C)ccc(C(=O)N[C@@H]4C(=O)N[C@H](C(C)C)C(=O)N5CCC[C@@H]5C(=O)N(C)CC(=O)N(C)[C@@H](CC(C)C)C(=O)O[C@@H]4C)c3nc-2c(C(=O)N[C@H]2C(=O)N[C@@H](C(C)C)C(=O)N3CCC[C@H]3C(=O)N(C)CC(=O)N(C)[C@H](CC(C)C)C(=O)O[C@H]2C)c(N)c1=O. The normalized spacial score (nSPS) is 25.9. The lowest BCUT2D eigenvalue weighted by Gasteiger charge is -2.35. The third-order valence-electron chi connectivity index (χ3n) is 17.8. The molecule has 1 aromatic carbocycles. The van der Waals surface area contributed by atoms with Gasteiger partial charge in [-0.25, -0.2) is 14.6 Å². The van der Waals surface area contributed by atoms with Crippen LogP contribution in [0.15, 0.2) is 21.3 Å². The lowest BCUT2D eigenvalue weighted by atomic mass is 9.98. The average molecular weight is 1280 g/mol. The van der Waals surface area contributed by atoms with E-state index in [-0.39, 0.29) is 78.6 Å². The van der Waals surface area contributed by atoms with Crippen molar-refractivity contribution >= 4 is 87.8 Å². The largest absolute Gasteiger partial charge is 0.458 e. The lowest BCUT2D eigenvalue weighted by molar-refractivity contribution is -0.162. The fraction of sp³-hybridized carbons (Fsp3) is 0.625. The molecule has 28 heteroatoms. The van der Waals surface area contributed by atoms with Crippen LogP contribution in [0.1, 0.15) is 140 Å². The topological polar surface area (TPSA) is 360 Å². The number of hydrogen-bond acceptors (Lipinski definition) is 18. The van der Waals surface area contributed by atoms with Crippen LogP contribution in [-0.4, -0.2) is 220 Å². The van der Waals surface area contributed by atoms with Gasteiger partial charge in [0.1, 0.15) is 71.8 Å². The highest BCUT2D eigenvalue weighted by Crippen LogP contribution is 2.35. The minimum absolute atomic E-state index is 0.0735. The summed E-state index contributed by atoms with van der Waals surface area (Å²) in [4.78, 5) is 200. The number of nitrogens with zero attached hydrogens (tertiary/aromatic N) is 7. The number of anilines is 1. The molecule has 0 unspecified atom stereocenters. The molecular formula is C64H90N12O16. The summed E-state index contributed by atoms with van der Waals surface area (Å²) in [5.74, 6) is -11.5. The first kappa shape index (κ1) is 70.7. The fourth-order valence-corrected chi connectivity index (χ4v) is 12.3. The minimum Gasteiger partial charge on any atom is -0.458 e. The number of fused-ring (bicyclic) bond motifs is 4. The van der Waals surface area contributed by atoms with Gasteiger partial charge in [-0.1, -0.05) is 61.5 Å². The number of nitrogens with one attached hydrogen (secondary N) is 4. The van der Waals surface area contributed by atoms with E-state index in [0.717, 1.165) is 4.90 Å². The molecule has 5 aliphatic heterocycles. The number of likely N-dealkylation sites (N-methyl/N-ethyl adjacent to an activating group) is 4. The molecule has 7 rings (SSSR count). The van der Waals surface area contributed by atoms with E-state index in [0.29, 0.717) is 18.4 Å². The Bertz CT molecular complexity index is 3450. The number of rotatable bonds is 10. The molecule has 10 amide bonds. The summed E-state index contributed by atoms with van der Waals surface area (Å²) >= 11 is 0. The first-order valence-electron chi connectivity index (χ1n) is 31.5. The van der Waals surface area contributed by atoms with Crippen molar-refractivity contribution < 1.29 is 71.4 Å². The number of nitrogen functional groups attached to an aromatic ring is 1. The molecule has 0 saturated carbocycles. The van der Waals surface area contributed by atoms with Crippen molar-refractivity contribution in [2.24, 2.45) is 23.7 Å². The predicted molar refractivity (Wildman–Crippen MR) is 335 cm³/mol. The summed E-state index contributed by atoms with van der Waals surface area (Å²) in [7, 11) is 5.63. The number of carbonyl (C=O) groups is 12. The van der Waals surface area contributed by atoms with Crippen LogP contribution in [0.4, 0.5) is 5.69 Å². The van der Waals surface area contributed by atoms with Gasteiger partial charge < -0.3 is 70.3 Å². The molecule has 0 aromatic heterocycles. The lowest BCUT2D eigenvalue weighted by Crippen LogP contribution is -2.61. The van der Waals surface area contributed by atoms with Crippen LogP contribution in [0.2, 0.25) is 0 Å². The predicted octanol–water partition coefficient (Wildman–Crippen LogP) is 1.51. The molecule has 6 N–H and O–H groups in total. The number of amides is 10. The zero-order chi connectivity index (χ0) is 68.4. The highest BCUT2D eigenvalue weighted by atomic mass is 16.6. The van der Waals surface area contributed by atoms with Crippen LogP contribution < -0.4 is 32.4 Å². The third-order valence-corrected chi connectivity index (χ3v) is 17.8. The molecular weight excluding hydrogens is 1190 g/mol. The minimum atomic E-state index is -1.88. The molecule has 502 valence electrons. The Morgan fingerprint density at radius 2 is 1.05 bits per heavy atom. The van der Waals surface area contributed by atoms with E-state index >= 15 is 9.59 Å². The summed E-state index contributed by atoms with van der Waals surface area (Å²) in [6.45, 7) is 19.1. The maximum absolute atomic E-state index is 15.2. The number of aryl methyl sites for hydroxylation is 1. The van der Waals surface area contributed by atoms with E-state index in [1.54, 1.807) is 34.6 Å². The highest BCUT2D eigenvalue weighted by Gasteiger charge is 2.46. The quantitative estimate of drug-likeness (QED) is 0.109. The van der Waals surface area contributed by atoms with Crippen molar-refractivity contribution in [1.82, 2.24) is 55.7 Å². The van der Waals surface area contributed by atoms with Gasteiger partial charge in [0, 0.05) is 46.8 Å². The Labute approximate surface area is 535 Å². The van der Waals surface area contributed by atoms with Gasteiger partial charge in [-0.3, -0.25) is 52.7 Å². The van der Waals surface area contributed by atoms with Crippen LogP contribution in [0.3, 0.4) is 0 Å². The first-order chi connectivity index (χ1) is 43.1. The van der Waals surface area contributed by atoms with Gasteiger partial charge in [-0.2, -0.15) is 0 Å². The molecule has 92 heavy (non-hydrogen) atoms. The molecule has 1 aromatic rings. The second-order valence-corrected chi connectivity index (χ2v) is 26.5. The second-order valence-electron chi connectivity index (χ2n) is 26.5. The molecule has 1 aliphatic carbocycles. The van der Waals surface area contributed by atoms with Crippen LogP contribution in [-0.2, 0) is 57.4 Å². The molecule has 4 saturated heterocycles. The third kappa shape index (κ3) is 14.8. The summed E-state index contributed by atoms with van der Waals surface area (Å²) in [6.07, 6.45) is -1.46. The van der Waals surface area contributed by atoms with E-state index < -0.39 is 179 Å². The molecule has 10 atom stereocenters. The van der Waals surface area contributed by atoms with Gasteiger partial charge >= 0.3 is 11.9 Å². The van der Waals surface area contributed by atoms with Gasteiger partial charge in [0.05, 0.1) is 29.9 Å². The summed E-state index contributed by atoms with van der Waals surface area (Å²) in [6, 6.07) is -7.84. The van der Waals surface area contributed by atoms with Crippen molar-refractivity contribution in [3.05, 3.63) is 44.6 Å². The van der Waals surface area contributed by atoms with E-state index in [1.165, 1.54) is 85.6 Å². The molecule has 0 bridgehead atoms. The number of carbonyl (C=O) groups excluding carboxylic acids is 12. The van der Waals surface area contributed by atoms with Gasteiger partial charge in [-0.05, 0) is 102 Å². The van der Waals surface area contributed by atoms with Crippen LogP contribution in [0.5, 0.6) is 0 Å². The molecule has 0 radical (unpaired) electrons. The summed E-state index contributed by atoms with van der Waals surface area (Å²) < 4.78 is 18.4. The number of esters is 2. The maximum Gasteiger partial charge on any atom is 0.329 e. The molecule has 5 heterocycles. The molecule has 0 spiro atoms. The smallest absolute Gasteiger partial charge is 0.329 e. The van der Waals surface area contributed by atoms with Crippen molar-refractivity contribution in [1.29, 1.82) is 0 Å². The van der Waals surface area contributed by atoms with Crippen molar-refractivity contribution in [3.63, 3.8) is 0 Å². The fourth-order valence-electron chi connectivity index (χ4n) is 12.3. The van der Waals surface area contributed by atoms with Gasteiger partial charge in [0.15, 0.2) is 11.3 Å². The van der Waals surface area contributed by atoms with E-state index in [2.05, 4.69) is 21.3 Å². The summed E-state index contributed by atoms with van der Waals surface area (Å²) in [5, 5.41) is 10.7. The molecule has 6 aliphatic rings. The maximum atomic E-state index is 15.2. The van der Waals surface area contributed by atoms with Crippen molar-refractivity contribution in [2.45, 2.75) is 182 Å². The number of ether oxygens (including phenoxy) is 2. The Hall–Kier alpha value is -8.72. The van der Waals surface area contributed by atoms with Crippen LogP contribution in [0.25, 0.3) is 22.6 Å². The number of nitrogens with two attached hydrogens (primary N) is 1. The number of cyclic esters (lactones) is 2. The zero-order valence-electron chi connectivity index (χ0n) is 55.5. The van der Waals surface area contributed by atoms with Gasteiger partial charge in [-0.15, -0.1) is 0 Å². The van der Waals surface area contributed by atoms with Crippen LogP contribution in [0, 0.1) is 37.5 Å². The van der Waals surface area contributed by atoms with Crippen LogP contribution >= 0.6 is 0 Å². The zero-order valence-corrected chi connectivity index (χ0v) is 55.5. The average Bonchev–Trinajstić information content (AvgIpc) is 0.946. The van der Waals surface area contributed by atoms with Gasteiger partial charge in [0.25, 0.3) is 11.8 Å². The highest BCUT2D eigenvalue weighted by molar-refractivity contribution is 6.10. The standard InChI is InChI=1S/C64H90N12O16/c1-29(2)25-40-63(88)90-35(11)48(57(82)67-46(31(5)6)61(86)75-23-17-19-38(75)59(84)71(13)27-42(77)73(40)15)69-55(80)37-22-21-33(9)53-50(37)66-51-44(45(65)52(79)34(10)54(51)92-53)56(81)70-49-36(12)91-64(89)41(26-30(3)4)74(16)43(78)28-72(14)60(85)39-20-18-24-76(39)62(87)47(32(7)8)68-58(49)83/h21-22,29-32,35-36,38-41,46-49H,17-20,23-28,65H2,1-16H3,(H,67,82)(H,68,83)(H,69,80)(H,70,81)/t35-,36+,38-,39+,40+,41-,46-,47+,48+,49-/m1/s1.